The van der Waals surface area contributed by atoms with Crippen molar-refractivity contribution in [2.75, 3.05) is 6.54 Å². The quantitative estimate of drug-likeness (QED) is 0.523. The van der Waals surface area contributed by atoms with Crippen LogP contribution < -0.4 is 5.32 Å². The molecule has 2 unspecified atom stereocenters. The number of carboxylic acid groups (broad SMARTS) is 1. The smallest absolute Gasteiger partial charge is 0.307 e. The standard InChI is InChI=1S/C11H12N2O3/c12-3-4-13-10(14)8-6-1-2-7(5-6)9(8)11(15)16/h1-2,6-9H,4-5H2,(H,13,14)(H,15,16)/t6?,7?,8-,9+/m0/s1. The Labute approximate surface area is 92.7 Å². The van der Waals surface area contributed by atoms with E-state index in [1.807, 2.05) is 18.2 Å². The summed E-state index contributed by atoms with van der Waals surface area (Å²) in [5.41, 5.74) is 0. The number of nitriles is 1. The van der Waals surface area contributed by atoms with Gasteiger partial charge in [-0.1, -0.05) is 12.2 Å². The first-order chi connectivity index (χ1) is 7.65. The summed E-state index contributed by atoms with van der Waals surface area (Å²) in [4.78, 5) is 22.9. The van der Waals surface area contributed by atoms with E-state index in [0.717, 1.165) is 6.42 Å². The number of allylic oxidation sites excluding steroid dienone is 2. The summed E-state index contributed by atoms with van der Waals surface area (Å²) in [6.07, 6.45) is 4.54. The highest BCUT2D eigenvalue weighted by molar-refractivity contribution is 5.86. The van der Waals surface area contributed by atoms with Crippen molar-refractivity contribution >= 4 is 11.9 Å². The summed E-state index contributed by atoms with van der Waals surface area (Å²) >= 11 is 0. The number of carbonyl (C=O) groups excluding carboxylic acids is 1. The minimum absolute atomic E-state index is 0.0183. The lowest BCUT2D eigenvalue weighted by Crippen LogP contribution is -2.40. The molecule has 4 atom stereocenters. The van der Waals surface area contributed by atoms with Gasteiger partial charge in [-0.15, -0.1) is 0 Å². The van der Waals surface area contributed by atoms with Gasteiger partial charge in [0.15, 0.2) is 0 Å². The average molecular weight is 220 g/mol. The molecule has 0 aromatic rings. The largest absolute Gasteiger partial charge is 0.481 e. The zero-order chi connectivity index (χ0) is 11.7. The van der Waals surface area contributed by atoms with Crippen LogP contribution in [-0.4, -0.2) is 23.5 Å². The molecule has 0 aliphatic heterocycles. The molecule has 2 aliphatic rings. The number of hydrogen-bond acceptors (Lipinski definition) is 3. The Hall–Kier alpha value is -1.83. The van der Waals surface area contributed by atoms with Crippen LogP contribution in [0.4, 0.5) is 0 Å². The lowest BCUT2D eigenvalue weighted by Gasteiger charge is -2.23. The molecule has 2 N–H and O–H groups in total. The molecule has 0 saturated heterocycles. The Kier molecular flexibility index (Phi) is 2.65. The molecule has 2 aliphatic carbocycles. The van der Waals surface area contributed by atoms with E-state index in [0.29, 0.717) is 0 Å². The van der Waals surface area contributed by atoms with Crippen LogP contribution in [0.15, 0.2) is 12.2 Å². The molecular weight excluding hydrogens is 208 g/mol. The number of aliphatic carboxylic acids is 1. The number of rotatable bonds is 3. The highest BCUT2D eigenvalue weighted by Crippen LogP contribution is 2.48. The number of amides is 1. The lowest BCUT2D eigenvalue weighted by atomic mass is 9.82. The van der Waals surface area contributed by atoms with E-state index in [-0.39, 0.29) is 24.3 Å². The number of carboxylic acids is 1. The van der Waals surface area contributed by atoms with Gasteiger partial charge in [0.1, 0.15) is 6.54 Å². The monoisotopic (exact) mass is 220 g/mol. The zero-order valence-electron chi connectivity index (χ0n) is 8.59. The molecule has 0 spiro atoms. The van der Waals surface area contributed by atoms with E-state index in [9.17, 15) is 9.59 Å². The second-order valence-electron chi connectivity index (χ2n) is 4.21. The predicted molar refractivity (Wildman–Crippen MR) is 54.0 cm³/mol. The first kappa shape index (κ1) is 10.7. The summed E-state index contributed by atoms with van der Waals surface area (Å²) in [5.74, 6) is -2.39. The molecule has 0 heterocycles. The Bertz CT molecular complexity index is 397. The third kappa shape index (κ3) is 1.56. The molecule has 0 aromatic carbocycles. The predicted octanol–water partition coefficient (Wildman–Crippen LogP) is 0.149. The molecule has 1 amide bonds. The molecule has 84 valence electrons. The second-order valence-corrected chi connectivity index (χ2v) is 4.21. The van der Waals surface area contributed by atoms with Crippen molar-refractivity contribution in [3.05, 3.63) is 12.2 Å². The average Bonchev–Trinajstić information content (AvgIpc) is 2.84. The van der Waals surface area contributed by atoms with Crippen LogP contribution in [0.5, 0.6) is 0 Å². The number of fused-ring (bicyclic) bond motifs is 2. The van der Waals surface area contributed by atoms with Gasteiger partial charge in [-0.05, 0) is 18.3 Å². The van der Waals surface area contributed by atoms with E-state index in [1.165, 1.54) is 0 Å². The van der Waals surface area contributed by atoms with Crippen LogP contribution in [-0.2, 0) is 9.59 Å². The van der Waals surface area contributed by atoms with Crippen molar-refractivity contribution in [2.24, 2.45) is 23.7 Å². The van der Waals surface area contributed by atoms with Gasteiger partial charge in [-0.2, -0.15) is 5.26 Å². The maximum atomic E-state index is 11.7. The third-order valence-electron chi connectivity index (χ3n) is 3.39. The third-order valence-corrected chi connectivity index (χ3v) is 3.39. The van der Waals surface area contributed by atoms with Gasteiger partial charge >= 0.3 is 5.97 Å². The number of nitrogens with zero attached hydrogens (tertiary/aromatic N) is 1. The van der Waals surface area contributed by atoms with Gasteiger partial charge in [0.25, 0.3) is 0 Å². The van der Waals surface area contributed by atoms with Crippen LogP contribution in [0.3, 0.4) is 0 Å². The van der Waals surface area contributed by atoms with Crippen molar-refractivity contribution in [3.8, 4) is 6.07 Å². The minimum Gasteiger partial charge on any atom is -0.481 e. The lowest BCUT2D eigenvalue weighted by molar-refractivity contribution is -0.147. The summed E-state index contributed by atoms with van der Waals surface area (Å²) < 4.78 is 0. The second kappa shape index (κ2) is 3.97. The normalized spacial score (nSPS) is 34.7. The van der Waals surface area contributed by atoms with Gasteiger partial charge in [-0.3, -0.25) is 9.59 Å². The Balaban J connectivity index is 2.14. The summed E-state index contributed by atoms with van der Waals surface area (Å²) in [7, 11) is 0. The van der Waals surface area contributed by atoms with E-state index in [1.54, 1.807) is 0 Å². The van der Waals surface area contributed by atoms with E-state index in [2.05, 4.69) is 5.32 Å². The minimum atomic E-state index is -0.922. The summed E-state index contributed by atoms with van der Waals surface area (Å²) in [5, 5.41) is 19.9. The van der Waals surface area contributed by atoms with Crippen molar-refractivity contribution in [1.29, 1.82) is 5.26 Å². The molecule has 1 saturated carbocycles. The molecule has 16 heavy (non-hydrogen) atoms. The van der Waals surface area contributed by atoms with Gasteiger partial charge in [-0.25, -0.2) is 0 Å². The number of carbonyl (C=O) groups is 2. The van der Waals surface area contributed by atoms with Crippen LogP contribution in [0.2, 0.25) is 0 Å². The molecule has 2 rings (SSSR count). The maximum Gasteiger partial charge on any atom is 0.307 e. The molecule has 0 aromatic heterocycles. The van der Waals surface area contributed by atoms with Gasteiger partial charge in [0.2, 0.25) is 5.91 Å². The highest BCUT2D eigenvalue weighted by Gasteiger charge is 2.51. The first-order valence-corrected chi connectivity index (χ1v) is 5.21. The zero-order valence-corrected chi connectivity index (χ0v) is 8.59. The fourth-order valence-corrected chi connectivity index (χ4v) is 2.76. The van der Waals surface area contributed by atoms with Gasteiger partial charge in [0, 0.05) is 0 Å². The SMILES string of the molecule is N#CCNC(=O)[C@H]1C2C=CC(C2)[C@H]1C(=O)O. The van der Waals surface area contributed by atoms with Crippen molar-refractivity contribution in [3.63, 3.8) is 0 Å². The van der Waals surface area contributed by atoms with E-state index < -0.39 is 17.8 Å². The molecule has 1 fully saturated rings. The van der Waals surface area contributed by atoms with Crippen LogP contribution in [0.25, 0.3) is 0 Å². The van der Waals surface area contributed by atoms with Crippen molar-refractivity contribution in [2.45, 2.75) is 6.42 Å². The van der Waals surface area contributed by atoms with Gasteiger partial charge in [0.05, 0.1) is 17.9 Å². The fourth-order valence-electron chi connectivity index (χ4n) is 2.76. The van der Waals surface area contributed by atoms with Crippen LogP contribution in [0.1, 0.15) is 6.42 Å². The topological polar surface area (TPSA) is 90.2 Å². The van der Waals surface area contributed by atoms with E-state index in [4.69, 9.17) is 10.4 Å². The molecular formula is C11H12N2O3. The number of hydrogen-bond donors (Lipinski definition) is 2. The fraction of sp³-hybridized carbons (Fsp3) is 0.545. The Morgan fingerprint density at radius 2 is 2.00 bits per heavy atom. The van der Waals surface area contributed by atoms with Crippen molar-refractivity contribution in [1.82, 2.24) is 5.32 Å². The molecule has 5 heteroatoms. The highest BCUT2D eigenvalue weighted by atomic mass is 16.4. The molecule has 0 radical (unpaired) electrons. The Morgan fingerprint density at radius 3 is 2.56 bits per heavy atom. The Morgan fingerprint density at radius 1 is 1.38 bits per heavy atom. The van der Waals surface area contributed by atoms with Crippen LogP contribution in [0, 0.1) is 35.0 Å². The summed E-state index contributed by atoms with van der Waals surface area (Å²) in [6, 6.07) is 1.81. The maximum absolute atomic E-state index is 11.7. The summed E-state index contributed by atoms with van der Waals surface area (Å²) in [6.45, 7) is -0.0667. The molecule has 5 nitrogen and oxygen atoms in total. The van der Waals surface area contributed by atoms with Gasteiger partial charge < -0.3 is 10.4 Å². The van der Waals surface area contributed by atoms with E-state index >= 15 is 0 Å². The van der Waals surface area contributed by atoms with Crippen molar-refractivity contribution < 1.29 is 14.7 Å². The number of nitrogens with one attached hydrogen (secondary N) is 1. The van der Waals surface area contributed by atoms with Crippen LogP contribution >= 0.6 is 0 Å². The first-order valence-electron chi connectivity index (χ1n) is 5.21. The molecule has 2 bridgehead atoms.